The van der Waals surface area contributed by atoms with Crippen LogP contribution in [0.1, 0.15) is 24.4 Å². The van der Waals surface area contributed by atoms with Crippen molar-refractivity contribution < 1.29 is 4.74 Å². The maximum absolute atomic E-state index is 5.65. The Hall–Kier alpha value is -1.68. The molecule has 2 aromatic rings. The van der Waals surface area contributed by atoms with Gasteiger partial charge in [-0.2, -0.15) is 0 Å². The van der Waals surface area contributed by atoms with Gasteiger partial charge in [-0.1, -0.05) is 54.6 Å². The SMILES string of the molecule is COCCCC(NN)c1ccc(-c2ccccc2)cc1. The van der Waals surface area contributed by atoms with Crippen LogP contribution in [0.2, 0.25) is 0 Å². The Morgan fingerprint density at radius 2 is 1.65 bits per heavy atom. The predicted octanol–water partition coefficient (Wildman–Crippen LogP) is 3.28. The van der Waals surface area contributed by atoms with Crippen molar-refractivity contribution in [3.8, 4) is 11.1 Å². The van der Waals surface area contributed by atoms with Crippen molar-refractivity contribution in [2.45, 2.75) is 18.9 Å². The highest BCUT2D eigenvalue weighted by Crippen LogP contribution is 2.23. The second kappa shape index (κ2) is 7.80. The molecule has 0 saturated carbocycles. The molecule has 3 N–H and O–H groups in total. The van der Waals surface area contributed by atoms with E-state index in [0.29, 0.717) is 0 Å². The lowest BCUT2D eigenvalue weighted by atomic mass is 9.99. The van der Waals surface area contributed by atoms with Gasteiger partial charge in [0.25, 0.3) is 0 Å². The minimum Gasteiger partial charge on any atom is -0.385 e. The minimum atomic E-state index is 0.176. The van der Waals surface area contributed by atoms with Gasteiger partial charge in [-0.15, -0.1) is 0 Å². The molecule has 3 heteroatoms. The van der Waals surface area contributed by atoms with Gasteiger partial charge in [0, 0.05) is 19.8 Å². The highest BCUT2D eigenvalue weighted by Gasteiger charge is 2.09. The summed E-state index contributed by atoms with van der Waals surface area (Å²) >= 11 is 0. The molecule has 0 radical (unpaired) electrons. The Bertz CT molecular complexity index is 496. The molecule has 0 aliphatic heterocycles. The van der Waals surface area contributed by atoms with Gasteiger partial charge in [0.15, 0.2) is 0 Å². The molecular formula is C17H22N2O. The largest absolute Gasteiger partial charge is 0.385 e. The third-order valence-electron chi connectivity index (χ3n) is 3.46. The van der Waals surface area contributed by atoms with Crippen LogP contribution < -0.4 is 11.3 Å². The fourth-order valence-electron chi connectivity index (χ4n) is 2.32. The summed E-state index contributed by atoms with van der Waals surface area (Å²) in [6, 6.07) is 19.1. The lowest BCUT2D eigenvalue weighted by Gasteiger charge is -2.16. The van der Waals surface area contributed by atoms with E-state index in [1.165, 1.54) is 16.7 Å². The van der Waals surface area contributed by atoms with E-state index < -0.39 is 0 Å². The van der Waals surface area contributed by atoms with Gasteiger partial charge in [0.1, 0.15) is 0 Å². The van der Waals surface area contributed by atoms with E-state index in [-0.39, 0.29) is 6.04 Å². The number of methoxy groups -OCH3 is 1. The van der Waals surface area contributed by atoms with Crippen molar-refractivity contribution in [2.24, 2.45) is 5.84 Å². The molecule has 2 rings (SSSR count). The van der Waals surface area contributed by atoms with E-state index in [2.05, 4.69) is 54.0 Å². The molecule has 0 bridgehead atoms. The normalized spacial score (nSPS) is 12.3. The number of benzene rings is 2. The zero-order valence-electron chi connectivity index (χ0n) is 11.9. The van der Waals surface area contributed by atoms with Gasteiger partial charge < -0.3 is 4.74 Å². The molecule has 0 spiro atoms. The molecule has 0 aromatic heterocycles. The third-order valence-corrected chi connectivity index (χ3v) is 3.46. The molecule has 0 aliphatic rings. The molecule has 106 valence electrons. The maximum atomic E-state index is 5.65. The Kier molecular flexibility index (Phi) is 5.74. The van der Waals surface area contributed by atoms with Crippen LogP contribution in [0.15, 0.2) is 54.6 Å². The van der Waals surface area contributed by atoms with E-state index >= 15 is 0 Å². The predicted molar refractivity (Wildman–Crippen MR) is 83.1 cm³/mol. The number of hydrogen-bond acceptors (Lipinski definition) is 3. The lowest BCUT2D eigenvalue weighted by Crippen LogP contribution is -2.28. The van der Waals surface area contributed by atoms with Crippen LogP contribution in [0.5, 0.6) is 0 Å². The molecule has 0 amide bonds. The molecule has 0 aliphatic carbocycles. The molecule has 20 heavy (non-hydrogen) atoms. The van der Waals surface area contributed by atoms with Gasteiger partial charge >= 0.3 is 0 Å². The highest BCUT2D eigenvalue weighted by molar-refractivity contribution is 5.63. The summed E-state index contributed by atoms with van der Waals surface area (Å²) in [5, 5.41) is 0. The van der Waals surface area contributed by atoms with E-state index in [4.69, 9.17) is 10.6 Å². The minimum absolute atomic E-state index is 0.176. The Labute approximate surface area is 120 Å². The van der Waals surface area contributed by atoms with Gasteiger partial charge in [-0.3, -0.25) is 11.3 Å². The first-order valence-corrected chi connectivity index (χ1v) is 6.95. The number of nitrogens with one attached hydrogen (secondary N) is 1. The summed E-state index contributed by atoms with van der Waals surface area (Å²) in [7, 11) is 1.72. The van der Waals surface area contributed by atoms with Crippen LogP contribution in [0, 0.1) is 0 Å². The van der Waals surface area contributed by atoms with Gasteiger partial charge in [-0.25, -0.2) is 0 Å². The molecule has 1 atom stereocenters. The zero-order valence-corrected chi connectivity index (χ0v) is 11.9. The van der Waals surface area contributed by atoms with Crippen LogP contribution in [0.3, 0.4) is 0 Å². The molecule has 1 unspecified atom stereocenters. The monoisotopic (exact) mass is 270 g/mol. The second-order valence-electron chi connectivity index (χ2n) is 4.84. The first kappa shape index (κ1) is 14.7. The number of hydrazine groups is 1. The standard InChI is InChI=1S/C17H22N2O/c1-20-13-5-8-17(19-18)16-11-9-15(10-12-16)14-6-3-2-4-7-14/h2-4,6-7,9-12,17,19H,5,8,13,18H2,1H3. The van der Waals surface area contributed by atoms with Crippen molar-refractivity contribution in [1.29, 1.82) is 0 Å². The summed E-state index contributed by atoms with van der Waals surface area (Å²) in [5.41, 5.74) is 6.55. The second-order valence-corrected chi connectivity index (χ2v) is 4.84. The van der Waals surface area contributed by atoms with Crippen molar-refractivity contribution >= 4 is 0 Å². The topological polar surface area (TPSA) is 47.3 Å². The van der Waals surface area contributed by atoms with E-state index in [1.807, 2.05) is 6.07 Å². The summed E-state index contributed by atoms with van der Waals surface area (Å²) in [4.78, 5) is 0. The summed E-state index contributed by atoms with van der Waals surface area (Å²) in [6.45, 7) is 0.764. The zero-order chi connectivity index (χ0) is 14.2. The number of hydrogen-bond donors (Lipinski definition) is 2. The van der Waals surface area contributed by atoms with Crippen LogP contribution in [-0.4, -0.2) is 13.7 Å². The lowest BCUT2D eigenvalue weighted by molar-refractivity contribution is 0.189. The fraction of sp³-hybridized carbons (Fsp3) is 0.294. The first-order chi connectivity index (χ1) is 9.85. The number of ether oxygens (including phenoxy) is 1. The Balaban J connectivity index is 2.06. The van der Waals surface area contributed by atoms with Crippen molar-refractivity contribution in [2.75, 3.05) is 13.7 Å². The molecule has 0 fully saturated rings. The summed E-state index contributed by atoms with van der Waals surface area (Å²) in [5.74, 6) is 5.65. The van der Waals surface area contributed by atoms with Gasteiger partial charge in [-0.05, 0) is 29.5 Å². The smallest absolute Gasteiger partial charge is 0.0462 e. The van der Waals surface area contributed by atoms with Gasteiger partial charge in [0.2, 0.25) is 0 Å². The Morgan fingerprint density at radius 3 is 2.25 bits per heavy atom. The quantitative estimate of drug-likeness (QED) is 0.461. The van der Waals surface area contributed by atoms with E-state index in [0.717, 1.165) is 19.4 Å². The molecular weight excluding hydrogens is 248 g/mol. The van der Waals surface area contributed by atoms with Crippen LogP contribution >= 0.6 is 0 Å². The number of rotatable bonds is 7. The van der Waals surface area contributed by atoms with E-state index in [9.17, 15) is 0 Å². The fourth-order valence-corrected chi connectivity index (χ4v) is 2.32. The average molecular weight is 270 g/mol. The average Bonchev–Trinajstić information content (AvgIpc) is 2.53. The summed E-state index contributed by atoms with van der Waals surface area (Å²) < 4.78 is 5.08. The number of nitrogens with two attached hydrogens (primary N) is 1. The third kappa shape index (κ3) is 3.90. The van der Waals surface area contributed by atoms with Crippen molar-refractivity contribution in [1.82, 2.24) is 5.43 Å². The summed E-state index contributed by atoms with van der Waals surface area (Å²) in [6.07, 6.45) is 1.96. The first-order valence-electron chi connectivity index (χ1n) is 6.95. The Morgan fingerprint density at radius 1 is 1.00 bits per heavy atom. The maximum Gasteiger partial charge on any atom is 0.0462 e. The van der Waals surface area contributed by atoms with Crippen LogP contribution in [0.4, 0.5) is 0 Å². The molecule has 3 nitrogen and oxygen atoms in total. The van der Waals surface area contributed by atoms with Gasteiger partial charge in [0.05, 0.1) is 0 Å². The highest BCUT2D eigenvalue weighted by atomic mass is 16.5. The molecule has 2 aromatic carbocycles. The van der Waals surface area contributed by atoms with Crippen LogP contribution in [0.25, 0.3) is 11.1 Å². The van der Waals surface area contributed by atoms with E-state index in [1.54, 1.807) is 7.11 Å². The molecule has 0 saturated heterocycles. The van der Waals surface area contributed by atoms with Crippen molar-refractivity contribution in [3.05, 3.63) is 60.2 Å². The molecule has 0 heterocycles. The van der Waals surface area contributed by atoms with Crippen LogP contribution in [-0.2, 0) is 4.74 Å². The van der Waals surface area contributed by atoms with Crippen molar-refractivity contribution in [3.63, 3.8) is 0 Å².